The average molecular weight is 278 g/mol. The molecule has 0 saturated heterocycles. The van der Waals surface area contributed by atoms with Gasteiger partial charge in [0, 0.05) is 24.6 Å². The van der Waals surface area contributed by atoms with Gasteiger partial charge >= 0.3 is 0 Å². The van der Waals surface area contributed by atoms with Crippen molar-refractivity contribution in [1.29, 1.82) is 0 Å². The fourth-order valence-corrected chi connectivity index (χ4v) is 2.95. The number of hydrogen-bond donors (Lipinski definition) is 0. The summed E-state index contributed by atoms with van der Waals surface area (Å²) in [6.45, 7) is 2.63. The molecule has 1 aliphatic carbocycles. The van der Waals surface area contributed by atoms with E-state index in [4.69, 9.17) is 11.6 Å². The van der Waals surface area contributed by atoms with E-state index >= 15 is 0 Å². The van der Waals surface area contributed by atoms with Gasteiger partial charge in [-0.25, -0.2) is 4.99 Å². The highest BCUT2D eigenvalue weighted by Gasteiger charge is 2.27. The van der Waals surface area contributed by atoms with Crippen LogP contribution < -0.4 is 5.56 Å². The van der Waals surface area contributed by atoms with Gasteiger partial charge in [0.15, 0.2) is 5.82 Å². The second kappa shape index (κ2) is 4.93. The van der Waals surface area contributed by atoms with Crippen molar-refractivity contribution >= 4 is 23.1 Å². The topological polar surface area (TPSA) is 47.2 Å². The first kappa shape index (κ1) is 12.6. The molecule has 1 aromatic heterocycles. The highest BCUT2D eigenvalue weighted by molar-refractivity contribution is 6.28. The summed E-state index contributed by atoms with van der Waals surface area (Å²) in [4.78, 5) is 21.2. The second-order valence-electron chi connectivity index (χ2n) is 5.06. The molecular formula is C14H16ClN3O. The first-order valence-electron chi connectivity index (χ1n) is 6.72. The third kappa shape index (κ3) is 2.14. The van der Waals surface area contributed by atoms with Crippen LogP contribution in [0.1, 0.15) is 31.7 Å². The Bertz CT molecular complexity index is 622. The van der Waals surface area contributed by atoms with Crippen LogP contribution in [0.5, 0.6) is 0 Å². The zero-order chi connectivity index (χ0) is 13.4. The van der Waals surface area contributed by atoms with Crippen molar-refractivity contribution < 1.29 is 0 Å². The summed E-state index contributed by atoms with van der Waals surface area (Å²) < 4.78 is 1.55. The zero-order valence-electron chi connectivity index (χ0n) is 10.9. The van der Waals surface area contributed by atoms with Crippen LogP contribution in [0.15, 0.2) is 21.9 Å². The van der Waals surface area contributed by atoms with Crippen molar-refractivity contribution in [3.8, 4) is 0 Å². The van der Waals surface area contributed by atoms with Crippen LogP contribution in [0.4, 0.5) is 5.82 Å². The second-order valence-corrected chi connectivity index (χ2v) is 5.40. The lowest BCUT2D eigenvalue weighted by Gasteiger charge is -2.08. The zero-order valence-corrected chi connectivity index (χ0v) is 11.7. The normalized spacial score (nSPS) is 17.9. The summed E-state index contributed by atoms with van der Waals surface area (Å²) in [7, 11) is 0. The lowest BCUT2D eigenvalue weighted by molar-refractivity contribution is 0.637. The summed E-state index contributed by atoms with van der Waals surface area (Å²) in [6.07, 6.45) is 7.88. The minimum absolute atomic E-state index is 0.0263. The quantitative estimate of drug-likeness (QED) is 0.630. The lowest BCUT2D eigenvalue weighted by atomic mass is 9.97. The van der Waals surface area contributed by atoms with Gasteiger partial charge in [0.25, 0.3) is 5.56 Å². The van der Waals surface area contributed by atoms with Gasteiger partial charge in [0.2, 0.25) is 5.28 Å². The summed E-state index contributed by atoms with van der Waals surface area (Å²) in [6, 6.07) is 0. The Labute approximate surface area is 116 Å². The van der Waals surface area contributed by atoms with Gasteiger partial charge in [-0.05, 0) is 30.9 Å². The van der Waals surface area contributed by atoms with E-state index in [0.29, 0.717) is 30.3 Å². The predicted molar refractivity (Wildman–Crippen MR) is 76.5 cm³/mol. The Hall–Kier alpha value is -1.42. The third-order valence-corrected chi connectivity index (χ3v) is 4.02. The van der Waals surface area contributed by atoms with Gasteiger partial charge < -0.3 is 0 Å². The molecule has 4 nitrogen and oxygen atoms in total. The molecule has 0 spiro atoms. The van der Waals surface area contributed by atoms with Gasteiger partial charge in [0.1, 0.15) is 0 Å². The van der Waals surface area contributed by atoms with Gasteiger partial charge in [-0.2, -0.15) is 4.98 Å². The number of halogens is 1. The monoisotopic (exact) mass is 277 g/mol. The molecule has 0 unspecified atom stereocenters. The van der Waals surface area contributed by atoms with Crippen molar-refractivity contribution in [3.63, 3.8) is 0 Å². The average Bonchev–Trinajstić information content (AvgIpc) is 3.02. The summed E-state index contributed by atoms with van der Waals surface area (Å²) in [5.41, 5.74) is 1.76. The fraction of sp³-hybridized carbons (Fsp3) is 0.500. The first-order valence-corrected chi connectivity index (χ1v) is 7.10. The van der Waals surface area contributed by atoms with Crippen molar-refractivity contribution in [2.24, 2.45) is 10.9 Å². The SMILES string of the molecule is CCCn1c(Cl)nc2c(c1=O)CC(C1CC=CC1)=N2. The lowest BCUT2D eigenvalue weighted by Crippen LogP contribution is -2.25. The van der Waals surface area contributed by atoms with Crippen LogP contribution in [0, 0.1) is 5.92 Å². The molecule has 1 aromatic rings. The molecule has 5 heteroatoms. The summed E-state index contributed by atoms with van der Waals surface area (Å²) in [5.74, 6) is 0.969. The molecule has 2 heterocycles. The molecule has 100 valence electrons. The van der Waals surface area contributed by atoms with E-state index in [-0.39, 0.29) is 10.8 Å². The summed E-state index contributed by atoms with van der Waals surface area (Å²) >= 11 is 6.07. The molecular weight excluding hydrogens is 262 g/mol. The molecule has 0 N–H and O–H groups in total. The molecule has 19 heavy (non-hydrogen) atoms. The third-order valence-electron chi connectivity index (χ3n) is 3.73. The van der Waals surface area contributed by atoms with Crippen molar-refractivity contribution in [2.45, 2.75) is 39.2 Å². The Kier molecular flexibility index (Phi) is 3.27. The fourth-order valence-electron chi connectivity index (χ4n) is 2.70. The molecule has 1 aliphatic heterocycles. The van der Waals surface area contributed by atoms with Gasteiger partial charge in [0.05, 0.1) is 5.56 Å². The number of nitrogens with zero attached hydrogens (tertiary/aromatic N) is 3. The molecule has 0 radical (unpaired) electrons. The van der Waals surface area contributed by atoms with E-state index in [2.05, 4.69) is 22.1 Å². The Morgan fingerprint density at radius 2 is 2.16 bits per heavy atom. The van der Waals surface area contributed by atoms with Crippen LogP contribution in [-0.4, -0.2) is 15.3 Å². The first-order chi connectivity index (χ1) is 9.20. The minimum Gasteiger partial charge on any atom is -0.283 e. The molecule has 0 atom stereocenters. The van der Waals surface area contributed by atoms with E-state index < -0.39 is 0 Å². The van der Waals surface area contributed by atoms with Crippen LogP contribution in [0.3, 0.4) is 0 Å². The van der Waals surface area contributed by atoms with E-state index in [1.807, 2.05) is 6.92 Å². The predicted octanol–water partition coefficient (Wildman–Crippen LogP) is 2.90. The van der Waals surface area contributed by atoms with Crippen LogP contribution in [0.2, 0.25) is 5.28 Å². The number of hydrogen-bond acceptors (Lipinski definition) is 3. The molecule has 0 saturated carbocycles. The molecule has 0 aromatic carbocycles. The maximum Gasteiger partial charge on any atom is 0.260 e. The molecule has 3 rings (SSSR count). The number of allylic oxidation sites excluding steroid dienone is 2. The smallest absolute Gasteiger partial charge is 0.260 e. The molecule has 0 fully saturated rings. The maximum atomic E-state index is 12.4. The molecule has 0 bridgehead atoms. The highest BCUT2D eigenvalue weighted by Crippen LogP contribution is 2.30. The Morgan fingerprint density at radius 3 is 2.84 bits per heavy atom. The van der Waals surface area contributed by atoms with Crippen molar-refractivity contribution in [1.82, 2.24) is 9.55 Å². The Balaban J connectivity index is 1.96. The maximum absolute atomic E-state index is 12.4. The van der Waals surface area contributed by atoms with Crippen LogP contribution >= 0.6 is 11.6 Å². The highest BCUT2D eigenvalue weighted by atomic mass is 35.5. The standard InChI is InChI=1S/C14H16ClN3O/c1-2-7-18-13(19)10-8-11(9-5-3-4-6-9)16-12(10)17-14(18)15/h3-4,9H,2,5-8H2,1H3. The van der Waals surface area contributed by atoms with Crippen LogP contribution in [-0.2, 0) is 13.0 Å². The van der Waals surface area contributed by atoms with Crippen LogP contribution in [0.25, 0.3) is 0 Å². The van der Waals surface area contributed by atoms with E-state index in [1.165, 1.54) is 0 Å². The van der Waals surface area contributed by atoms with Gasteiger partial charge in [-0.3, -0.25) is 9.36 Å². The van der Waals surface area contributed by atoms with Crippen molar-refractivity contribution in [2.75, 3.05) is 0 Å². The van der Waals surface area contributed by atoms with Crippen molar-refractivity contribution in [3.05, 3.63) is 33.4 Å². The van der Waals surface area contributed by atoms with Gasteiger partial charge in [-0.15, -0.1) is 0 Å². The molecule has 2 aliphatic rings. The summed E-state index contributed by atoms with van der Waals surface area (Å²) in [5, 5.41) is 0.250. The largest absolute Gasteiger partial charge is 0.283 e. The molecule has 0 amide bonds. The Morgan fingerprint density at radius 1 is 1.42 bits per heavy atom. The number of rotatable bonds is 3. The van der Waals surface area contributed by atoms with E-state index in [1.54, 1.807) is 4.57 Å². The van der Waals surface area contributed by atoms with Gasteiger partial charge in [-0.1, -0.05) is 19.1 Å². The minimum atomic E-state index is -0.0263. The number of aromatic nitrogens is 2. The van der Waals surface area contributed by atoms with E-state index in [9.17, 15) is 4.79 Å². The number of aliphatic imine (C=N–C) groups is 1. The van der Waals surface area contributed by atoms with E-state index in [0.717, 1.165) is 25.0 Å². The number of fused-ring (bicyclic) bond motifs is 1.